The Hall–Kier alpha value is -1.77. The van der Waals surface area contributed by atoms with E-state index in [0.717, 1.165) is 28.6 Å². The van der Waals surface area contributed by atoms with Crippen LogP contribution in [0, 0.1) is 5.92 Å². The summed E-state index contributed by atoms with van der Waals surface area (Å²) in [6.07, 6.45) is 7.23. The summed E-state index contributed by atoms with van der Waals surface area (Å²) in [5.74, 6) is 0.893. The van der Waals surface area contributed by atoms with Crippen molar-refractivity contribution in [3.63, 3.8) is 0 Å². The molecule has 0 unspecified atom stereocenters. The molecular formula is C16H19N3. The minimum atomic E-state index is 0.719. The first kappa shape index (κ1) is 11.1. The smallest absolute Gasteiger partial charge is 0.0724 e. The first-order valence-corrected chi connectivity index (χ1v) is 7.23. The highest BCUT2D eigenvalue weighted by Crippen LogP contribution is 2.41. The van der Waals surface area contributed by atoms with Gasteiger partial charge in [0.2, 0.25) is 0 Å². The van der Waals surface area contributed by atoms with Crippen molar-refractivity contribution in [1.29, 1.82) is 0 Å². The number of pyridine rings is 1. The third kappa shape index (κ3) is 2.03. The number of nitrogens with zero attached hydrogens (tertiary/aromatic N) is 2. The van der Waals surface area contributed by atoms with Crippen molar-refractivity contribution in [1.82, 2.24) is 4.98 Å². The summed E-state index contributed by atoms with van der Waals surface area (Å²) in [5.41, 5.74) is 9.51. The van der Waals surface area contributed by atoms with Gasteiger partial charge >= 0.3 is 0 Å². The molecular weight excluding hydrogens is 234 g/mol. The van der Waals surface area contributed by atoms with Gasteiger partial charge in [-0.25, -0.2) is 0 Å². The maximum Gasteiger partial charge on any atom is 0.0724 e. The van der Waals surface area contributed by atoms with E-state index in [-0.39, 0.29) is 0 Å². The monoisotopic (exact) mass is 253 g/mol. The Labute approximate surface area is 113 Å². The lowest BCUT2D eigenvalue weighted by atomic mass is 10.1. The lowest BCUT2D eigenvalue weighted by molar-refractivity contribution is 0.720. The molecule has 2 N–H and O–H groups in total. The van der Waals surface area contributed by atoms with Crippen LogP contribution in [0.5, 0.6) is 0 Å². The number of fused-ring (bicyclic) bond motifs is 1. The molecule has 1 heterocycles. The van der Waals surface area contributed by atoms with E-state index in [1.165, 1.54) is 37.9 Å². The molecule has 0 bridgehead atoms. The van der Waals surface area contributed by atoms with Crippen LogP contribution in [0.4, 0.5) is 11.4 Å². The SMILES string of the molecule is Nc1c(N(CC2CC2)C2CC2)ccc2ncccc12. The molecule has 0 radical (unpaired) electrons. The van der Waals surface area contributed by atoms with Crippen LogP contribution in [-0.2, 0) is 0 Å². The van der Waals surface area contributed by atoms with Crippen molar-refractivity contribution in [3.05, 3.63) is 30.5 Å². The third-order valence-corrected chi connectivity index (χ3v) is 4.25. The molecule has 0 atom stereocenters. The molecule has 2 aliphatic carbocycles. The molecule has 1 aromatic carbocycles. The summed E-state index contributed by atoms with van der Waals surface area (Å²) >= 11 is 0. The van der Waals surface area contributed by atoms with Gasteiger partial charge in [0.15, 0.2) is 0 Å². The molecule has 0 amide bonds. The van der Waals surface area contributed by atoms with Gasteiger partial charge in [-0.15, -0.1) is 0 Å². The first-order chi connectivity index (χ1) is 9.33. The van der Waals surface area contributed by atoms with Crippen LogP contribution in [0.2, 0.25) is 0 Å². The Bertz CT molecular complexity index is 614. The average molecular weight is 253 g/mol. The number of nitrogens with two attached hydrogens (primary N) is 1. The molecule has 1 aromatic heterocycles. The Balaban J connectivity index is 1.77. The Morgan fingerprint density at radius 2 is 2.00 bits per heavy atom. The van der Waals surface area contributed by atoms with Crippen LogP contribution >= 0.6 is 0 Å². The zero-order chi connectivity index (χ0) is 12.8. The number of aromatic nitrogens is 1. The maximum atomic E-state index is 6.40. The van der Waals surface area contributed by atoms with Crippen molar-refractivity contribution in [2.45, 2.75) is 31.7 Å². The number of anilines is 2. The summed E-state index contributed by atoms with van der Waals surface area (Å²) in [5, 5.41) is 1.08. The predicted octanol–water partition coefficient (Wildman–Crippen LogP) is 3.20. The van der Waals surface area contributed by atoms with Crippen LogP contribution < -0.4 is 10.6 Å². The largest absolute Gasteiger partial charge is 0.396 e. The molecule has 0 saturated heterocycles. The van der Waals surface area contributed by atoms with Crippen LogP contribution in [0.3, 0.4) is 0 Å². The summed E-state index contributed by atoms with van der Waals surface area (Å²) in [4.78, 5) is 6.92. The molecule has 98 valence electrons. The van der Waals surface area contributed by atoms with Gasteiger partial charge < -0.3 is 10.6 Å². The summed E-state index contributed by atoms with van der Waals surface area (Å²) in [6, 6.07) is 9.01. The maximum absolute atomic E-state index is 6.40. The van der Waals surface area contributed by atoms with Crippen molar-refractivity contribution < 1.29 is 0 Å². The molecule has 2 fully saturated rings. The second-order valence-electron chi connectivity index (χ2n) is 5.90. The van der Waals surface area contributed by atoms with E-state index in [1.807, 2.05) is 12.3 Å². The van der Waals surface area contributed by atoms with Gasteiger partial charge in [-0.1, -0.05) is 0 Å². The number of benzene rings is 1. The van der Waals surface area contributed by atoms with Gasteiger partial charge in [-0.3, -0.25) is 4.98 Å². The quantitative estimate of drug-likeness (QED) is 0.851. The van der Waals surface area contributed by atoms with Gasteiger partial charge in [0.05, 0.1) is 16.9 Å². The summed E-state index contributed by atoms with van der Waals surface area (Å²) < 4.78 is 0. The van der Waals surface area contributed by atoms with Crippen LogP contribution in [0.25, 0.3) is 10.9 Å². The van der Waals surface area contributed by atoms with E-state index in [4.69, 9.17) is 5.73 Å². The standard InChI is InChI=1S/C16H19N3/c17-16-13-2-1-9-18-14(13)7-8-15(16)19(12-5-6-12)10-11-3-4-11/h1-2,7-9,11-12H,3-6,10,17H2. The van der Waals surface area contributed by atoms with Gasteiger partial charge in [0, 0.05) is 24.2 Å². The highest BCUT2D eigenvalue weighted by Gasteiger charge is 2.34. The third-order valence-electron chi connectivity index (χ3n) is 4.25. The van der Waals surface area contributed by atoms with E-state index in [9.17, 15) is 0 Å². The van der Waals surface area contributed by atoms with E-state index >= 15 is 0 Å². The molecule has 2 aliphatic rings. The first-order valence-electron chi connectivity index (χ1n) is 7.23. The van der Waals surface area contributed by atoms with Crippen LogP contribution in [-0.4, -0.2) is 17.6 Å². The van der Waals surface area contributed by atoms with E-state index in [2.05, 4.69) is 28.1 Å². The van der Waals surface area contributed by atoms with E-state index < -0.39 is 0 Å². The van der Waals surface area contributed by atoms with Crippen molar-refractivity contribution in [2.75, 3.05) is 17.2 Å². The van der Waals surface area contributed by atoms with Crippen molar-refractivity contribution >= 4 is 22.3 Å². The Morgan fingerprint density at radius 3 is 2.74 bits per heavy atom. The van der Waals surface area contributed by atoms with Gasteiger partial charge in [0.25, 0.3) is 0 Å². The second kappa shape index (κ2) is 4.12. The Morgan fingerprint density at radius 1 is 1.16 bits per heavy atom. The normalized spacial score (nSPS) is 18.7. The molecule has 4 rings (SSSR count). The number of hydrogen-bond donors (Lipinski definition) is 1. The van der Waals surface area contributed by atoms with Crippen LogP contribution in [0.1, 0.15) is 25.7 Å². The molecule has 2 aromatic rings. The molecule has 0 aliphatic heterocycles. The average Bonchev–Trinajstić information content (AvgIpc) is 3.30. The van der Waals surface area contributed by atoms with E-state index in [0.29, 0.717) is 0 Å². The lowest BCUT2D eigenvalue weighted by Gasteiger charge is -2.26. The minimum absolute atomic E-state index is 0.719. The predicted molar refractivity (Wildman–Crippen MR) is 79.2 cm³/mol. The minimum Gasteiger partial charge on any atom is -0.396 e. The van der Waals surface area contributed by atoms with E-state index in [1.54, 1.807) is 0 Å². The molecule has 2 saturated carbocycles. The zero-order valence-electron chi connectivity index (χ0n) is 11.0. The Kier molecular flexibility index (Phi) is 2.40. The van der Waals surface area contributed by atoms with Gasteiger partial charge in [-0.2, -0.15) is 0 Å². The molecule has 3 heteroatoms. The van der Waals surface area contributed by atoms with Crippen LogP contribution in [0.15, 0.2) is 30.5 Å². The fraction of sp³-hybridized carbons (Fsp3) is 0.438. The number of rotatable bonds is 4. The summed E-state index contributed by atoms with van der Waals surface area (Å²) in [7, 11) is 0. The highest BCUT2D eigenvalue weighted by molar-refractivity contribution is 5.97. The number of nitrogen functional groups attached to an aromatic ring is 1. The van der Waals surface area contributed by atoms with Gasteiger partial charge in [-0.05, 0) is 55.9 Å². The lowest BCUT2D eigenvalue weighted by Crippen LogP contribution is -2.28. The molecule has 19 heavy (non-hydrogen) atoms. The molecule has 3 nitrogen and oxygen atoms in total. The fourth-order valence-corrected chi connectivity index (χ4v) is 2.82. The van der Waals surface area contributed by atoms with Crippen molar-refractivity contribution in [2.24, 2.45) is 5.92 Å². The fourth-order valence-electron chi connectivity index (χ4n) is 2.82. The highest BCUT2D eigenvalue weighted by atomic mass is 15.2. The van der Waals surface area contributed by atoms with Crippen molar-refractivity contribution in [3.8, 4) is 0 Å². The molecule has 0 spiro atoms. The topological polar surface area (TPSA) is 42.1 Å². The van der Waals surface area contributed by atoms with Gasteiger partial charge in [0.1, 0.15) is 0 Å². The number of hydrogen-bond acceptors (Lipinski definition) is 3. The zero-order valence-corrected chi connectivity index (χ0v) is 11.0. The summed E-state index contributed by atoms with van der Waals surface area (Å²) in [6.45, 7) is 1.18. The second-order valence-corrected chi connectivity index (χ2v) is 5.90.